The number of nitrogens with zero attached hydrogens (tertiary/aromatic N) is 1. The van der Waals surface area contributed by atoms with Gasteiger partial charge in [0.05, 0.1) is 0 Å². The van der Waals surface area contributed by atoms with Crippen molar-refractivity contribution in [3.05, 3.63) is 29.8 Å². The molecule has 1 aromatic carbocycles. The first kappa shape index (κ1) is 14.4. The standard InChI is InChI=1S/C16H26N2O/c1-13(15-8-11-18(2)12-9-15)17-10-7-14-3-5-16(19)6-4-14/h3-6,13,15,17,19H,7-12H2,1-2H3. The van der Waals surface area contributed by atoms with Gasteiger partial charge in [0, 0.05) is 6.04 Å². The van der Waals surface area contributed by atoms with Crippen LogP contribution in [0, 0.1) is 5.92 Å². The summed E-state index contributed by atoms with van der Waals surface area (Å²) in [7, 11) is 2.21. The van der Waals surface area contributed by atoms with E-state index in [1.54, 1.807) is 12.1 Å². The van der Waals surface area contributed by atoms with Crippen LogP contribution in [-0.4, -0.2) is 42.7 Å². The molecule has 0 saturated carbocycles. The molecule has 19 heavy (non-hydrogen) atoms. The van der Waals surface area contributed by atoms with Gasteiger partial charge in [-0.05, 0) is 76.5 Å². The molecule has 1 heterocycles. The third kappa shape index (κ3) is 4.51. The highest BCUT2D eigenvalue weighted by atomic mass is 16.3. The number of hydrogen-bond donors (Lipinski definition) is 2. The number of piperidine rings is 1. The van der Waals surface area contributed by atoms with E-state index in [0.717, 1.165) is 18.9 Å². The molecular formula is C16H26N2O. The molecule has 0 aromatic heterocycles. The number of rotatable bonds is 5. The molecule has 1 saturated heterocycles. The monoisotopic (exact) mass is 262 g/mol. The van der Waals surface area contributed by atoms with E-state index in [-0.39, 0.29) is 0 Å². The van der Waals surface area contributed by atoms with Crippen LogP contribution >= 0.6 is 0 Å². The Morgan fingerprint density at radius 3 is 2.53 bits per heavy atom. The van der Waals surface area contributed by atoms with Crippen LogP contribution in [0.25, 0.3) is 0 Å². The molecule has 3 heteroatoms. The summed E-state index contributed by atoms with van der Waals surface area (Å²) in [5.74, 6) is 1.16. The van der Waals surface area contributed by atoms with Crippen molar-refractivity contribution in [2.75, 3.05) is 26.7 Å². The van der Waals surface area contributed by atoms with Gasteiger partial charge < -0.3 is 15.3 Å². The number of aromatic hydroxyl groups is 1. The number of benzene rings is 1. The second-order valence-electron chi connectivity index (χ2n) is 5.80. The molecule has 1 unspecified atom stereocenters. The lowest BCUT2D eigenvalue weighted by Crippen LogP contribution is -2.41. The molecule has 2 rings (SSSR count). The first-order valence-electron chi connectivity index (χ1n) is 7.35. The topological polar surface area (TPSA) is 35.5 Å². The van der Waals surface area contributed by atoms with Crippen LogP contribution in [0.4, 0.5) is 0 Å². The molecule has 1 aliphatic heterocycles. The van der Waals surface area contributed by atoms with Gasteiger partial charge >= 0.3 is 0 Å². The SMILES string of the molecule is CC(NCCc1ccc(O)cc1)C1CCN(C)CC1. The molecule has 1 aliphatic rings. The van der Waals surface area contributed by atoms with E-state index >= 15 is 0 Å². The van der Waals surface area contributed by atoms with Gasteiger partial charge in [-0.25, -0.2) is 0 Å². The molecule has 1 atom stereocenters. The average molecular weight is 262 g/mol. The van der Waals surface area contributed by atoms with Crippen LogP contribution in [0.3, 0.4) is 0 Å². The van der Waals surface area contributed by atoms with E-state index in [2.05, 4.69) is 24.2 Å². The lowest BCUT2D eigenvalue weighted by molar-refractivity contribution is 0.190. The van der Waals surface area contributed by atoms with Gasteiger partial charge in [0.2, 0.25) is 0 Å². The Hall–Kier alpha value is -1.06. The molecule has 1 fully saturated rings. The van der Waals surface area contributed by atoms with Gasteiger partial charge in [-0.1, -0.05) is 12.1 Å². The molecule has 0 amide bonds. The zero-order valence-corrected chi connectivity index (χ0v) is 12.1. The Labute approximate surface area is 116 Å². The predicted molar refractivity (Wildman–Crippen MR) is 79.5 cm³/mol. The fourth-order valence-corrected chi connectivity index (χ4v) is 2.80. The van der Waals surface area contributed by atoms with Gasteiger partial charge in [0.1, 0.15) is 5.75 Å². The van der Waals surface area contributed by atoms with Gasteiger partial charge in [-0.3, -0.25) is 0 Å². The number of nitrogens with one attached hydrogen (secondary N) is 1. The molecule has 3 nitrogen and oxygen atoms in total. The summed E-state index contributed by atoms with van der Waals surface area (Å²) in [6.45, 7) is 5.79. The Morgan fingerprint density at radius 2 is 1.89 bits per heavy atom. The van der Waals surface area contributed by atoms with Crippen LogP contribution in [0.2, 0.25) is 0 Å². The molecule has 0 aliphatic carbocycles. The van der Waals surface area contributed by atoms with Crippen molar-refractivity contribution in [2.45, 2.75) is 32.2 Å². The van der Waals surface area contributed by atoms with Gasteiger partial charge in [-0.2, -0.15) is 0 Å². The van der Waals surface area contributed by atoms with E-state index in [1.807, 2.05) is 12.1 Å². The maximum absolute atomic E-state index is 9.24. The molecule has 0 spiro atoms. The molecule has 1 aromatic rings. The van der Waals surface area contributed by atoms with Crippen molar-refractivity contribution in [2.24, 2.45) is 5.92 Å². The molecule has 2 N–H and O–H groups in total. The Bertz CT molecular complexity index is 369. The highest BCUT2D eigenvalue weighted by Crippen LogP contribution is 2.19. The zero-order valence-electron chi connectivity index (χ0n) is 12.1. The minimum absolute atomic E-state index is 0.344. The second kappa shape index (κ2) is 6.92. The third-order valence-corrected chi connectivity index (χ3v) is 4.29. The van der Waals surface area contributed by atoms with E-state index < -0.39 is 0 Å². The second-order valence-corrected chi connectivity index (χ2v) is 5.80. The van der Waals surface area contributed by atoms with Crippen molar-refractivity contribution in [3.8, 4) is 5.75 Å². The average Bonchev–Trinajstić information content (AvgIpc) is 2.41. The van der Waals surface area contributed by atoms with E-state index in [1.165, 1.54) is 31.5 Å². The number of likely N-dealkylation sites (tertiary alicyclic amines) is 1. The predicted octanol–water partition coefficient (Wildman–Crippen LogP) is 2.25. The smallest absolute Gasteiger partial charge is 0.115 e. The summed E-state index contributed by atoms with van der Waals surface area (Å²) in [5, 5.41) is 12.9. The van der Waals surface area contributed by atoms with Crippen LogP contribution < -0.4 is 5.32 Å². The Kier molecular flexibility index (Phi) is 5.23. The highest BCUT2D eigenvalue weighted by Gasteiger charge is 2.21. The molecule has 106 valence electrons. The van der Waals surface area contributed by atoms with Crippen molar-refractivity contribution in [3.63, 3.8) is 0 Å². The van der Waals surface area contributed by atoms with Gasteiger partial charge in [-0.15, -0.1) is 0 Å². The number of phenols is 1. The molecule has 0 radical (unpaired) electrons. The Morgan fingerprint density at radius 1 is 1.26 bits per heavy atom. The van der Waals surface area contributed by atoms with Crippen LogP contribution in [0.1, 0.15) is 25.3 Å². The number of hydrogen-bond acceptors (Lipinski definition) is 3. The summed E-state index contributed by atoms with van der Waals surface area (Å²) < 4.78 is 0. The van der Waals surface area contributed by atoms with Crippen LogP contribution in [-0.2, 0) is 6.42 Å². The normalized spacial score (nSPS) is 19.5. The van der Waals surface area contributed by atoms with E-state index in [4.69, 9.17) is 0 Å². The van der Waals surface area contributed by atoms with Crippen molar-refractivity contribution in [1.29, 1.82) is 0 Å². The maximum Gasteiger partial charge on any atom is 0.115 e. The van der Waals surface area contributed by atoms with Crippen LogP contribution in [0.5, 0.6) is 5.75 Å². The molecule has 0 bridgehead atoms. The fourth-order valence-electron chi connectivity index (χ4n) is 2.80. The minimum atomic E-state index is 0.344. The summed E-state index contributed by atoms with van der Waals surface area (Å²) in [4.78, 5) is 2.42. The third-order valence-electron chi connectivity index (χ3n) is 4.29. The maximum atomic E-state index is 9.24. The highest BCUT2D eigenvalue weighted by molar-refractivity contribution is 5.25. The van der Waals surface area contributed by atoms with Crippen molar-refractivity contribution < 1.29 is 5.11 Å². The quantitative estimate of drug-likeness (QED) is 0.854. The largest absolute Gasteiger partial charge is 0.508 e. The summed E-state index contributed by atoms with van der Waals surface area (Å²) >= 11 is 0. The first-order chi connectivity index (χ1) is 9.15. The van der Waals surface area contributed by atoms with E-state index in [0.29, 0.717) is 11.8 Å². The van der Waals surface area contributed by atoms with E-state index in [9.17, 15) is 5.11 Å². The minimum Gasteiger partial charge on any atom is -0.508 e. The van der Waals surface area contributed by atoms with Crippen LogP contribution in [0.15, 0.2) is 24.3 Å². The summed E-state index contributed by atoms with van der Waals surface area (Å²) in [6, 6.07) is 8.12. The fraction of sp³-hybridized carbons (Fsp3) is 0.625. The zero-order chi connectivity index (χ0) is 13.7. The van der Waals surface area contributed by atoms with Crippen molar-refractivity contribution in [1.82, 2.24) is 10.2 Å². The first-order valence-corrected chi connectivity index (χ1v) is 7.35. The van der Waals surface area contributed by atoms with Gasteiger partial charge in [0.15, 0.2) is 0 Å². The number of phenolic OH excluding ortho intramolecular Hbond substituents is 1. The van der Waals surface area contributed by atoms with Gasteiger partial charge in [0.25, 0.3) is 0 Å². The lowest BCUT2D eigenvalue weighted by Gasteiger charge is -2.33. The Balaban J connectivity index is 1.69. The summed E-state index contributed by atoms with van der Waals surface area (Å²) in [6.07, 6.45) is 3.64. The summed E-state index contributed by atoms with van der Waals surface area (Å²) in [5.41, 5.74) is 1.28. The van der Waals surface area contributed by atoms with Crippen molar-refractivity contribution >= 4 is 0 Å². The lowest BCUT2D eigenvalue weighted by atomic mass is 9.90. The molecular weight excluding hydrogens is 236 g/mol.